The topological polar surface area (TPSA) is 24.9 Å². The van der Waals surface area contributed by atoms with Crippen molar-refractivity contribution in [3.05, 3.63) is 59.7 Å². The molecule has 0 aliphatic heterocycles. The van der Waals surface area contributed by atoms with Gasteiger partial charge in [-0.05, 0) is 49.4 Å². The first-order valence-corrected chi connectivity index (χ1v) is 14.2. The Morgan fingerprint density at radius 1 is 0.611 bits per heavy atom. The molecule has 4 heteroatoms. The van der Waals surface area contributed by atoms with E-state index in [9.17, 15) is 0 Å². The van der Waals surface area contributed by atoms with Crippen molar-refractivity contribution in [2.24, 2.45) is 0 Å². The van der Waals surface area contributed by atoms with Gasteiger partial charge in [-0.3, -0.25) is 0 Å². The third kappa shape index (κ3) is 8.50. The average molecular weight is 495 g/mol. The summed E-state index contributed by atoms with van der Waals surface area (Å²) in [4.78, 5) is 5.26. The molecule has 0 saturated carbocycles. The number of hydrogen-bond donors (Lipinski definition) is 0. The van der Waals surface area contributed by atoms with Crippen LogP contribution in [0, 0.1) is 0 Å². The standard InChI is InChI=1S/C32H50N2O2/c1-7-11-22-33(23-12-8-2)31(27-18-16-15-17-19-27)32(34(24-13-9-3)25-14-10-4)29-26-28(35-5)20-21-30(29)36-6/h15-21,26H,7-14,22-25H2,1-6H3. The van der Waals surface area contributed by atoms with Crippen LogP contribution in [0.4, 0.5) is 0 Å². The second-order valence-corrected chi connectivity index (χ2v) is 9.52. The molecule has 0 fully saturated rings. The fourth-order valence-electron chi connectivity index (χ4n) is 4.58. The molecule has 0 aliphatic carbocycles. The van der Waals surface area contributed by atoms with Crippen LogP contribution >= 0.6 is 0 Å². The van der Waals surface area contributed by atoms with Gasteiger partial charge in [0.05, 0.1) is 25.6 Å². The van der Waals surface area contributed by atoms with Crippen molar-refractivity contribution < 1.29 is 9.47 Å². The lowest BCUT2D eigenvalue weighted by Crippen LogP contribution is -2.32. The zero-order valence-corrected chi connectivity index (χ0v) is 23.8. The number of nitrogens with zero attached hydrogens (tertiary/aromatic N) is 2. The molecular formula is C32H50N2O2. The molecule has 4 nitrogen and oxygen atoms in total. The lowest BCUT2D eigenvalue weighted by molar-refractivity contribution is 0.350. The van der Waals surface area contributed by atoms with Gasteiger partial charge in [-0.25, -0.2) is 0 Å². The lowest BCUT2D eigenvalue weighted by Gasteiger charge is -2.36. The SMILES string of the molecule is CCCCN(CCCC)C(=C(c1cc(OC)ccc1OC)N(CCCC)CCCC)c1ccccc1. The normalized spacial score (nSPS) is 11.7. The van der Waals surface area contributed by atoms with Crippen LogP contribution in [0.3, 0.4) is 0 Å². The van der Waals surface area contributed by atoms with Gasteiger partial charge in [-0.15, -0.1) is 0 Å². The van der Waals surface area contributed by atoms with Gasteiger partial charge in [-0.2, -0.15) is 0 Å². The molecule has 2 rings (SSSR count). The summed E-state index contributed by atoms with van der Waals surface area (Å²) in [6.45, 7) is 13.3. The van der Waals surface area contributed by atoms with Crippen LogP contribution < -0.4 is 9.47 Å². The highest BCUT2D eigenvalue weighted by Gasteiger charge is 2.25. The predicted octanol–water partition coefficient (Wildman–Crippen LogP) is 8.33. The molecule has 0 heterocycles. The number of rotatable bonds is 18. The number of methoxy groups -OCH3 is 2. The number of hydrogen-bond acceptors (Lipinski definition) is 4. The van der Waals surface area contributed by atoms with Gasteiger partial charge in [0.15, 0.2) is 0 Å². The van der Waals surface area contributed by atoms with Gasteiger partial charge in [0.2, 0.25) is 0 Å². The monoisotopic (exact) mass is 494 g/mol. The molecule has 0 saturated heterocycles. The van der Waals surface area contributed by atoms with Gasteiger partial charge in [0.1, 0.15) is 11.5 Å². The maximum atomic E-state index is 5.98. The minimum absolute atomic E-state index is 0.857. The van der Waals surface area contributed by atoms with Crippen LogP contribution in [0.25, 0.3) is 11.4 Å². The van der Waals surface area contributed by atoms with Gasteiger partial charge < -0.3 is 19.3 Å². The van der Waals surface area contributed by atoms with Crippen molar-refractivity contribution in [3.63, 3.8) is 0 Å². The zero-order chi connectivity index (χ0) is 26.2. The third-order valence-corrected chi connectivity index (χ3v) is 6.69. The Morgan fingerprint density at radius 3 is 1.56 bits per heavy atom. The van der Waals surface area contributed by atoms with E-state index in [2.05, 4.69) is 80.0 Å². The lowest BCUT2D eigenvalue weighted by atomic mass is 9.99. The van der Waals surface area contributed by atoms with Crippen LogP contribution in [0.2, 0.25) is 0 Å². The molecule has 0 aliphatic rings. The summed E-state index contributed by atoms with van der Waals surface area (Å²) in [6.07, 6.45) is 9.36. The van der Waals surface area contributed by atoms with Crippen LogP contribution in [0.1, 0.15) is 90.2 Å². The number of unbranched alkanes of at least 4 members (excludes halogenated alkanes) is 4. The summed E-state index contributed by atoms with van der Waals surface area (Å²) < 4.78 is 11.7. The summed E-state index contributed by atoms with van der Waals surface area (Å²) in [7, 11) is 3.52. The van der Waals surface area contributed by atoms with Gasteiger partial charge in [0, 0.05) is 31.7 Å². The fourth-order valence-corrected chi connectivity index (χ4v) is 4.58. The van der Waals surface area contributed by atoms with Crippen molar-refractivity contribution in [2.75, 3.05) is 40.4 Å². The minimum Gasteiger partial charge on any atom is -0.497 e. The van der Waals surface area contributed by atoms with Gasteiger partial charge >= 0.3 is 0 Å². The predicted molar refractivity (Wildman–Crippen MR) is 156 cm³/mol. The quantitative estimate of drug-likeness (QED) is 0.194. The molecular weight excluding hydrogens is 444 g/mol. The van der Waals surface area contributed by atoms with E-state index in [0.717, 1.165) is 56.1 Å². The first-order valence-electron chi connectivity index (χ1n) is 14.2. The van der Waals surface area contributed by atoms with Crippen molar-refractivity contribution in [1.82, 2.24) is 9.80 Å². The van der Waals surface area contributed by atoms with Gasteiger partial charge in [-0.1, -0.05) is 83.7 Å². The summed E-state index contributed by atoms with van der Waals surface area (Å²) in [5.41, 5.74) is 4.96. The Hall–Kier alpha value is -2.62. The van der Waals surface area contributed by atoms with E-state index in [1.165, 1.54) is 55.5 Å². The van der Waals surface area contributed by atoms with E-state index >= 15 is 0 Å². The number of benzene rings is 2. The molecule has 0 aromatic heterocycles. The molecule has 2 aromatic rings. The molecule has 0 amide bonds. The molecule has 0 N–H and O–H groups in total. The van der Waals surface area contributed by atoms with Crippen LogP contribution in [0.5, 0.6) is 11.5 Å². The Labute approximate surface area is 221 Å². The van der Waals surface area contributed by atoms with Crippen LogP contribution in [-0.4, -0.2) is 50.2 Å². The first kappa shape index (κ1) is 29.6. The Morgan fingerprint density at radius 2 is 1.11 bits per heavy atom. The van der Waals surface area contributed by atoms with E-state index in [1.807, 2.05) is 6.07 Å². The van der Waals surface area contributed by atoms with Crippen molar-refractivity contribution in [2.45, 2.75) is 79.1 Å². The van der Waals surface area contributed by atoms with Crippen molar-refractivity contribution in [3.8, 4) is 11.5 Å². The maximum Gasteiger partial charge on any atom is 0.128 e. The smallest absolute Gasteiger partial charge is 0.128 e. The fraction of sp³-hybridized carbons (Fsp3) is 0.562. The van der Waals surface area contributed by atoms with Crippen molar-refractivity contribution >= 4 is 11.4 Å². The van der Waals surface area contributed by atoms with E-state index in [-0.39, 0.29) is 0 Å². The summed E-state index contributed by atoms with van der Waals surface area (Å²) in [6, 6.07) is 17.2. The molecule has 0 atom stereocenters. The minimum atomic E-state index is 0.857. The summed E-state index contributed by atoms with van der Waals surface area (Å²) in [5.74, 6) is 1.75. The Bertz CT molecular complexity index is 878. The highest BCUT2D eigenvalue weighted by atomic mass is 16.5. The molecule has 2 aromatic carbocycles. The molecule has 0 unspecified atom stereocenters. The summed E-state index contributed by atoms with van der Waals surface area (Å²) >= 11 is 0. The van der Waals surface area contributed by atoms with E-state index in [0.29, 0.717) is 0 Å². The molecule has 200 valence electrons. The average Bonchev–Trinajstić information content (AvgIpc) is 2.93. The highest BCUT2D eigenvalue weighted by molar-refractivity contribution is 5.91. The maximum absolute atomic E-state index is 5.98. The van der Waals surface area contributed by atoms with E-state index in [4.69, 9.17) is 9.47 Å². The molecule has 0 spiro atoms. The summed E-state index contributed by atoms with van der Waals surface area (Å²) in [5, 5.41) is 0. The van der Waals surface area contributed by atoms with E-state index < -0.39 is 0 Å². The first-order chi connectivity index (χ1) is 17.6. The molecule has 0 radical (unpaired) electrons. The van der Waals surface area contributed by atoms with Crippen LogP contribution in [-0.2, 0) is 0 Å². The molecule has 0 bridgehead atoms. The van der Waals surface area contributed by atoms with Crippen LogP contribution in [0.15, 0.2) is 48.5 Å². The Kier molecular flexibility index (Phi) is 13.9. The largest absolute Gasteiger partial charge is 0.497 e. The highest BCUT2D eigenvalue weighted by Crippen LogP contribution is 2.39. The number of ether oxygens (including phenoxy) is 2. The zero-order valence-electron chi connectivity index (χ0n) is 23.8. The second kappa shape index (κ2) is 16.9. The van der Waals surface area contributed by atoms with Gasteiger partial charge in [0.25, 0.3) is 0 Å². The third-order valence-electron chi connectivity index (χ3n) is 6.69. The Balaban J connectivity index is 2.94. The van der Waals surface area contributed by atoms with E-state index in [1.54, 1.807) is 14.2 Å². The molecule has 36 heavy (non-hydrogen) atoms. The second-order valence-electron chi connectivity index (χ2n) is 9.52. The van der Waals surface area contributed by atoms with Crippen molar-refractivity contribution in [1.29, 1.82) is 0 Å².